The number of amides is 1. The zero-order valence-corrected chi connectivity index (χ0v) is 14.7. The van der Waals surface area contributed by atoms with Crippen LogP contribution in [0.1, 0.15) is 47.9 Å². The Balaban J connectivity index is 1.86. The van der Waals surface area contributed by atoms with E-state index < -0.39 is 5.97 Å². The first-order chi connectivity index (χ1) is 12.5. The average Bonchev–Trinajstić information content (AvgIpc) is 2.99. The van der Waals surface area contributed by atoms with E-state index in [9.17, 15) is 14.0 Å². The summed E-state index contributed by atoms with van der Waals surface area (Å²) in [4.78, 5) is 23.4. The Morgan fingerprint density at radius 1 is 1.35 bits per heavy atom. The smallest absolute Gasteiger partial charge is 0.303 e. The zero-order chi connectivity index (χ0) is 18.7. The van der Waals surface area contributed by atoms with Gasteiger partial charge in [-0.15, -0.1) is 0 Å². The number of hydrogen-bond donors (Lipinski definition) is 2. The van der Waals surface area contributed by atoms with Crippen LogP contribution in [0, 0.1) is 11.7 Å². The van der Waals surface area contributed by atoms with Crippen LogP contribution in [0.2, 0.25) is 0 Å². The molecule has 7 heteroatoms. The lowest BCUT2D eigenvalue weighted by Gasteiger charge is -2.14. The van der Waals surface area contributed by atoms with Crippen LogP contribution in [0.3, 0.4) is 0 Å². The summed E-state index contributed by atoms with van der Waals surface area (Å²) < 4.78 is 15.3. The summed E-state index contributed by atoms with van der Waals surface area (Å²) in [5, 5.41) is 16.1. The van der Waals surface area contributed by atoms with Gasteiger partial charge in [-0.1, -0.05) is 13.0 Å². The molecular weight excluding hydrogens is 337 g/mol. The topological polar surface area (TPSA) is 84.2 Å². The molecule has 1 unspecified atom stereocenters. The lowest BCUT2D eigenvalue weighted by molar-refractivity contribution is -0.137. The molecule has 1 aromatic carbocycles. The predicted molar refractivity (Wildman–Crippen MR) is 93.9 cm³/mol. The van der Waals surface area contributed by atoms with Crippen LogP contribution in [-0.4, -0.2) is 33.3 Å². The highest BCUT2D eigenvalue weighted by molar-refractivity contribution is 5.94. The highest BCUT2D eigenvalue weighted by atomic mass is 19.1. The Morgan fingerprint density at radius 3 is 2.85 bits per heavy atom. The summed E-state index contributed by atoms with van der Waals surface area (Å²) in [6, 6.07) is 6.16. The lowest BCUT2D eigenvalue weighted by atomic mass is 9.95. The minimum Gasteiger partial charge on any atom is -0.481 e. The van der Waals surface area contributed by atoms with Crippen molar-refractivity contribution in [3.05, 3.63) is 47.0 Å². The minimum absolute atomic E-state index is 0.00385. The van der Waals surface area contributed by atoms with E-state index in [-0.39, 0.29) is 30.6 Å². The largest absolute Gasteiger partial charge is 0.481 e. The van der Waals surface area contributed by atoms with Crippen molar-refractivity contribution in [3.8, 4) is 5.69 Å². The number of carbonyl (C=O) groups excluding carboxylic acids is 1. The molecule has 0 spiro atoms. The third kappa shape index (κ3) is 3.92. The maximum absolute atomic E-state index is 13.6. The fourth-order valence-electron chi connectivity index (χ4n) is 3.32. The van der Waals surface area contributed by atoms with Crippen LogP contribution in [0.4, 0.5) is 4.39 Å². The molecule has 0 bridgehead atoms. The third-order valence-corrected chi connectivity index (χ3v) is 4.58. The first-order valence-electron chi connectivity index (χ1n) is 8.82. The van der Waals surface area contributed by atoms with Crippen LogP contribution in [-0.2, 0) is 17.6 Å². The number of benzene rings is 1. The predicted octanol–water partition coefficient (Wildman–Crippen LogP) is 2.73. The number of nitrogens with one attached hydrogen (secondary N) is 1. The van der Waals surface area contributed by atoms with Crippen LogP contribution in [0.5, 0.6) is 0 Å². The first-order valence-corrected chi connectivity index (χ1v) is 8.82. The molecule has 0 fully saturated rings. The maximum atomic E-state index is 13.6. The summed E-state index contributed by atoms with van der Waals surface area (Å²) in [5.41, 5.74) is 2.81. The standard InChI is InChI=1S/C19H22FN3O3/c1-12(9-17(24)25)11-21-19(26)18-15-7-2-3-8-16(15)23(22-18)14-6-4-5-13(20)10-14/h4-6,10,12H,2-3,7-9,11H2,1H3,(H,21,26)(H,24,25). The molecule has 1 amide bonds. The van der Waals surface area contributed by atoms with Crippen molar-refractivity contribution in [2.45, 2.75) is 39.0 Å². The molecule has 1 aliphatic rings. The van der Waals surface area contributed by atoms with Gasteiger partial charge in [-0.05, 0) is 49.8 Å². The molecule has 1 atom stereocenters. The van der Waals surface area contributed by atoms with Crippen LogP contribution in [0.15, 0.2) is 24.3 Å². The number of hydrogen-bond acceptors (Lipinski definition) is 3. The number of aromatic nitrogens is 2. The summed E-state index contributed by atoms with van der Waals surface area (Å²) in [5.74, 6) is -1.72. The quantitative estimate of drug-likeness (QED) is 0.831. The second-order valence-corrected chi connectivity index (χ2v) is 6.79. The van der Waals surface area contributed by atoms with Gasteiger partial charge >= 0.3 is 5.97 Å². The summed E-state index contributed by atoms with van der Waals surface area (Å²) in [6.07, 6.45) is 3.54. The van der Waals surface area contributed by atoms with E-state index in [0.717, 1.165) is 36.9 Å². The van der Waals surface area contributed by atoms with Crippen LogP contribution >= 0.6 is 0 Å². The number of aliphatic carboxylic acids is 1. The normalized spacial score (nSPS) is 14.5. The monoisotopic (exact) mass is 359 g/mol. The number of carboxylic acid groups (broad SMARTS) is 1. The van der Waals surface area contributed by atoms with E-state index in [1.807, 2.05) is 0 Å². The number of carboxylic acids is 1. The Kier molecular flexibility index (Phi) is 5.35. The molecule has 2 N–H and O–H groups in total. The Labute approximate surface area is 151 Å². The minimum atomic E-state index is -0.889. The lowest BCUT2D eigenvalue weighted by Crippen LogP contribution is -2.30. The van der Waals surface area contributed by atoms with Crippen molar-refractivity contribution >= 4 is 11.9 Å². The SMILES string of the molecule is CC(CNC(=O)c1nn(-c2cccc(F)c2)c2c1CCCC2)CC(=O)O. The van der Waals surface area contributed by atoms with Crippen molar-refractivity contribution in [2.24, 2.45) is 5.92 Å². The van der Waals surface area contributed by atoms with Crippen molar-refractivity contribution in [1.29, 1.82) is 0 Å². The molecule has 26 heavy (non-hydrogen) atoms. The maximum Gasteiger partial charge on any atom is 0.303 e. The Bertz CT molecular complexity index is 831. The second kappa shape index (κ2) is 7.68. The van der Waals surface area contributed by atoms with Gasteiger partial charge in [-0.2, -0.15) is 5.10 Å². The fraction of sp³-hybridized carbons (Fsp3) is 0.421. The fourth-order valence-corrected chi connectivity index (χ4v) is 3.32. The second-order valence-electron chi connectivity index (χ2n) is 6.79. The summed E-state index contributed by atoms with van der Waals surface area (Å²) >= 11 is 0. The van der Waals surface area contributed by atoms with Crippen LogP contribution in [0.25, 0.3) is 5.69 Å². The molecule has 1 heterocycles. The molecule has 1 aromatic heterocycles. The van der Waals surface area contributed by atoms with Gasteiger partial charge in [0.2, 0.25) is 0 Å². The van der Waals surface area contributed by atoms with Crippen LogP contribution < -0.4 is 5.32 Å². The molecule has 2 aromatic rings. The number of fused-ring (bicyclic) bond motifs is 1. The van der Waals surface area contributed by atoms with Gasteiger partial charge < -0.3 is 10.4 Å². The molecule has 0 radical (unpaired) electrons. The van der Waals surface area contributed by atoms with Gasteiger partial charge in [0.05, 0.1) is 5.69 Å². The van der Waals surface area contributed by atoms with Gasteiger partial charge in [-0.25, -0.2) is 9.07 Å². The van der Waals surface area contributed by atoms with Gasteiger partial charge in [-0.3, -0.25) is 9.59 Å². The molecule has 0 saturated carbocycles. The number of carbonyl (C=O) groups is 2. The Hall–Kier alpha value is -2.70. The average molecular weight is 359 g/mol. The molecule has 6 nitrogen and oxygen atoms in total. The van der Waals surface area contributed by atoms with E-state index >= 15 is 0 Å². The van der Waals surface area contributed by atoms with Crippen molar-refractivity contribution in [3.63, 3.8) is 0 Å². The Morgan fingerprint density at radius 2 is 2.12 bits per heavy atom. The summed E-state index contributed by atoms with van der Waals surface area (Å²) in [6.45, 7) is 2.04. The molecular formula is C19H22FN3O3. The number of nitrogens with zero attached hydrogens (tertiary/aromatic N) is 2. The molecule has 3 rings (SSSR count). The van der Waals surface area contributed by atoms with Gasteiger partial charge in [0.25, 0.3) is 5.91 Å². The third-order valence-electron chi connectivity index (χ3n) is 4.58. The van der Waals surface area contributed by atoms with E-state index in [4.69, 9.17) is 5.11 Å². The van der Waals surface area contributed by atoms with E-state index in [1.165, 1.54) is 12.1 Å². The van der Waals surface area contributed by atoms with E-state index in [0.29, 0.717) is 11.4 Å². The highest BCUT2D eigenvalue weighted by Crippen LogP contribution is 2.27. The molecule has 0 aliphatic heterocycles. The van der Waals surface area contributed by atoms with Crippen molar-refractivity contribution in [1.82, 2.24) is 15.1 Å². The first kappa shape index (κ1) is 18.1. The van der Waals surface area contributed by atoms with Gasteiger partial charge in [0.1, 0.15) is 5.82 Å². The summed E-state index contributed by atoms with van der Waals surface area (Å²) in [7, 11) is 0. The molecule has 138 valence electrons. The van der Waals surface area contributed by atoms with Crippen molar-refractivity contribution < 1.29 is 19.1 Å². The molecule has 0 saturated heterocycles. The van der Waals surface area contributed by atoms with Gasteiger partial charge in [0, 0.05) is 24.2 Å². The zero-order valence-electron chi connectivity index (χ0n) is 14.7. The highest BCUT2D eigenvalue weighted by Gasteiger charge is 2.26. The number of rotatable bonds is 6. The van der Waals surface area contributed by atoms with Gasteiger partial charge in [0.15, 0.2) is 5.69 Å². The number of halogens is 1. The molecule has 1 aliphatic carbocycles. The van der Waals surface area contributed by atoms with E-state index in [1.54, 1.807) is 23.7 Å². The van der Waals surface area contributed by atoms with E-state index in [2.05, 4.69) is 10.4 Å². The van der Waals surface area contributed by atoms with Crippen molar-refractivity contribution in [2.75, 3.05) is 6.54 Å².